The topological polar surface area (TPSA) is 53.0 Å². The number of carboxylic acids is 1. The van der Waals surface area contributed by atoms with Crippen molar-refractivity contribution in [2.24, 2.45) is 11.8 Å². The molecular formula is C32H24ClFNNaO2S. The van der Waals surface area contributed by atoms with Gasteiger partial charge in [0.05, 0.1) is 21.5 Å². The maximum absolute atomic E-state index is 13.8. The van der Waals surface area contributed by atoms with Gasteiger partial charge < -0.3 is 9.90 Å². The fourth-order valence-electron chi connectivity index (χ4n) is 5.11. The van der Waals surface area contributed by atoms with E-state index < -0.39 is 11.8 Å². The Morgan fingerprint density at radius 2 is 1.79 bits per heavy atom. The summed E-state index contributed by atoms with van der Waals surface area (Å²) in [6.45, 7) is 0. The number of carbonyl (C=O) groups is 1. The summed E-state index contributed by atoms with van der Waals surface area (Å²) in [5, 5.41) is 11.9. The Bertz CT molecular complexity index is 1620. The number of rotatable bonds is 7. The Balaban J connectivity index is 0.00000308. The Kier molecular flexibility index (Phi) is 8.65. The number of aliphatic carboxylic acids is 1. The first-order chi connectivity index (χ1) is 18.4. The van der Waals surface area contributed by atoms with Crippen LogP contribution in [0.25, 0.3) is 35.2 Å². The van der Waals surface area contributed by atoms with Crippen LogP contribution < -0.4 is 34.7 Å². The molecule has 1 fully saturated rings. The molecule has 1 saturated carbocycles. The zero-order valence-electron chi connectivity index (χ0n) is 21.4. The molecule has 0 N–H and O–H groups in total. The van der Waals surface area contributed by atoms with Crippen LogP contribution in [0.3, 0.4) is 0 Å². The molecule has 3 nitrogen and oxygen atoms in total. The molecule has 3 aromatic carbocycles. The monoisotopic (exact) mass is 563 g/mol. The van der Waals surface area contributed by atoms with E-state index in [-0.39, 0.29) is 52.2 Å². The minimum absolute atomic E-state index is 0. The molecule has 3 unspecified atom stereocenters. The molecule has 7 heteroatoms. The van der Waals surface area contributed by atoms with Gasteiger partial charge in [-0.3, -0.25) is 0 Å². The van der Waals surface area contributed by atoms with E-state index >= 15 is 0 Å². The molecule has 190 valence electrons. The van der Waals surface area contributed by atoms with Crippen molar-refractivity contribution >= 4 is 64.5 Å². The van der Waals surface area contributed by atoms with E-state index in [0.29, 0.717) is 16.8 Å². The largest absolute Gasteiger partial charge is 1.00 e. The van der Waals surface area contributed by atoms with E-state index in [1.54, 1.807) is 6.07 Å². The van der Waals surface area contributed by atoms with Crippen LogP contribution in [0.4, 0.5) is 4.39 Å². The molecular weight excluding hydrogens is 540 g/mol. The Morgan fingerprint density at radius 1 is 1.00 bits per heavy atom. The predicted molar refractivity (Wildman–Crippen MR) is 153 cm³/mol. The molecule has 4 aromatic rings. The van der Waals surface area contributed by atoms with Gasteiger partial charge in [0, 0.05) is 11.4 Å². The van der Waals surface area contributed by atoms with E-state index in [4.69, 9.17) is 11.6 Å². The van der Waals surface area contributed by atoms with Gasteiger partial charge in [0.15, 0.2) is 0 Å². The van der Waals surface area contributed by atoms with Gasteiger partial charge in [-0.2, -0.15) is 0 Å². The first-order valence-electron chi connectivity index (χ1n) is 12.6. The average Bonchev–Trinajstić information content (AvgIpc) is 3.67. The van der Waals surface area contributed by atoms with Gasteiger partial charge in [0.1, 0.15) is 5.82 Å². The predicted octanol–water partition coefficient (Wildman–Crippen LogP) is 4.28. The second-order valence-corrected chi connectivity index (χ2v) is 11.5. The van der Waals surface area contributed by atoms with Gasteiger partial charge >= 0.3 is 29.6 Å². The van der Waals surface area contributed by atoms with Crippen molar-refractivity contribution in [3.8, 4) is 0 Å². The van der Waals surface area contributed by atoms with Crippen molar-refractivity contribution in [1.29, 1.82) is 0 Å². The van der Waals surface area contributed by atoms with E-state index in [2.05, 4.69) is 59.6 Å². The number of fused-ring (bicyclic) bond motifs is 3. The molecule has 6 rings (SSSR count). The minimum Gasteiger partial charge on any atom is -0.550 e. The standard InChI is InChI=1S/C32H25ClFNO2S.Na/c33-28-17-30-22(15-29(28)34)10-12-25(35-30)11-6-19-5-7-21-9-8-20-3-1-2-4-26(20)32(27(21)13-19)38-18-24-14-23(24)16-31(36)37;/h1-13,15,17,23-24,32H,14,16,18H2,(H,36,37);/q;+1/p-1. The van der Waals surface area contributed by atoms with Crippen LogP contribution in [0, 0.1) is 17.7 Å². The Hall–Kier alpha value is -2.41. The number of hydrogen-bond acceptors (Lipinski definition) is 4. The molecule has 2 aliphatic rings. The number of halogens is 2. The Morgan fingerprint density at radius 3 is 2.62 bits per heavy atom. The summed E-state index contributed by atoms with van der Waals surface area (Å²) in [4.78, 5) is 15.6. The maximum Gasteiger partial charge on any atom is 1.00 e. The summed E-state index contributed by atoms with van der Waals surface area (Å²) >= 11 is 7.84. The minimum atomic E-state index is -0.954. The van der Waals surface area contributed by atoms with Crippen molar-refractivity contribution in [1.82, 2.24) is 4.98 Å². The molecule has 0 saturated heterocycles. The number of carbonyl (C=O) groups excluding carboxylic acids is 1. The summed E-state index contributed by atoms with van der Waals surface area (Å²) in [6, 6.07) is 21.6. The zero-order chi connectivity index (χ0) is 26.2. The third-order valence-corrected chi connectivity index (χ3v) is 9.04. The van der Waals surface area contributed by atoms with Crippen molar-refractivity contribution in [2.75, 3.05) is 5.75 Å². The smallest absolute Gasteiger partial charge is 0.550 e. The summed E-state index contributed by atoms with van der Waals surface area (Å²) < 4.78 is 13.8. The molecule has 2 aliphatic carbocycles. The van der Waals surface area contributed by atoms with E-state index in [9.17, 15) is 14.3 Å². The first-order valence-corrected chi connectivity index (χ1v) is 14.0. The molecule has 1 aromatic heterocycles. The molecule has 39 heavy (non-hydrogen) atoms. The van der Waals surface area contributed by atoms with Gasteiger partial charge in [0.2, 0.25) is 0 Å². The number of benzene rings is 3. The van der Waals surface area contributed by atoms with Crippen LogP contribution in [-0.4, -0.2) is 16.7 Å². The number of hydrogen-bond donors (Lipinski definition) is 0. The molecule has 0 radical (unpaired) electrons. The van der Waals surface area contributed by atoms with Gasteiger partial charge in [-0.15, -0.1) is 11.8 Å². The Labute approximate surface area is 258 Å². The summed E-state index contributed by atoms with van der Waals surface area (Å²) in [7, 11) is 0. The number of thioether (sulfide) groups is 1. The molecule has 1 heterocycles. The fourth-order valence-corrected chi connectivity index (χ4v) is 6.89. The van der Waals surface area contributed by atoms with Gasteiger partial charge in [-0.05, 0) is 88.6 Å². The molecule has 3 atom stereocenters. The second-order valence-electron chi connectivity index (χ2n) is 9.92. The number of nitrogens with zero attached hydrogens (tertiary/aromatic N) is 1. The fraction of sp³-hybridized carbons (Fsp3) is 0.188. The van der Waals surface area contributed by atoms with Crippen molar-refractivity contribution < 1.29 is 43.8 Å². The SMILES string of the molecule is O=C([O-])CC1CC1CSC1c2ccccc2C=Cc2ccc(C=Cc3ccc4cc(F)c(Cl)cc4n3)cc21.[Na+]. The van der Waals surface area contributed by atoms with Crippen molar-refractivity contribution in [3.63, 3.8) is 0 Å². The average molecular weight is 564 g/mol. The van der Waals surface area contributed by atoms with Crippen LogP contribution in [0.15, 0.2) is 66.7 Å². The summed E-state index contributed by atoms with van der Waals surface area (Å²) in [6.07, 6.45) is 9.46. The number of carboxylic acid groups (broad SMARTS) is 1. The van der Waals surface area contributed by atoms with E-state index in [1.807, 2.05) is 36.0 Å². The van der Waals surface area contributed by atoms with Crippen molar-refractivity contribution in [3.05, 3.63) is 111 Å². The maximum atomic E-state index is 13.8. The zero-order valence-corrected chi connectivity index (χ0v) is 25.0. The summed E-state index contributed by atoms with van der Waals surface area (Å²) in [5.41, 5.74) is 7.36. The van der Waals surface area contributed by atoms with Gasteiger partial charge in [0.25, 0.3) is 0 Å². The summed E-state index contributed by atoms with van der Waals surface area (Å²) in [5.74, 6) is 0.175. The van der Waals surface area contributed by atoms with E-state index in [0.717, 1.165) is 23.4 Å². The third kappa shape index (κ3) is 6.34. The number of pyridine rings is 1. The van der Waals surface area contributed by atoms with Gasteiger partial charge in [-0.25, -0.2) is 9.37 Å². The van der Waals surface area contributed by atoms with Crippen LogP contribution in [0.2, 0.25) is 5.02 Å². The van der Waals surface area contributed by atoms with Crippen LogP contribution in [-0.2, 0) is 4.79 Å². The quantitative estimate of drug-likeness (QED) is 0.315. The molecule has 0 amide bonds. The normalized spacial score (nSPS) is 19.3. The molecule has 0 spiro atoms. The van der Waals surface area contributed by atoms with Crippen LogP contribution >= 0.6 is 23.4 Å². The molecule has 0 aliphatic heterocycles. The van der Waals surface area contributed by atoms with Crippen LogP contribution in [0.1, 0.15) is 51.6 Å². The van der Waals surface area contributed by atoms with E-state index in [1.165, 1.54) is 28.3 Å². The van der Waals surface area contributed by atoms with Gasteiger partial charge in [-0.1, -0.05) is 72.3 Å². The second kappa shape index (κ2) is 12.0. The van der Waals surface area contributed by atoms with Crippen LogP contribution in [0.5, 0.6) is 0 Å². The third-order valence-electron chi connectivity index (χ3n) is 7.29. The number of aromatic nitrogens is 1. The first kappa shape index (κ1) is 28.1. The molecule has 0 bridgehead atoms. The van der Waals surface area contributed by atoms with Crippen molar-refractivity contribution in [2.45, 2.75) is 18.1 Å².